The van der Waals surface area contributed by atoms with Gasteiger partial charge in [0.2, 0.25) is 5.91 Å². The van der Waals surface area contributed by atoms with Crippen LogP contribution in [0.3, 0.4) is 0 Å². The fourth-order valence-electron chi connectivity index (χ4n) is 2.42. The van der Waals surface area contributed by atoms with E-state index in [2.05, 4.69) is 4.72 Å². The second-order valence-electron chi connectivity index (χ2n) is 5.09. The molecule has 1 fully saturated rings. The van der Waals surface area contributed by atoms with Crippen molar-refractivity contribution >= 4 is 15.9 Å². The van der Waals surface area contributed by atoms with Gasteiger partial charge in [0.1, 0.15) is 0 Å². The van der Waals surface area contributed by atoms with Crippen LogP contribution in [0.25, 0.3) is 0 Å². The van der Waals surface area contributed by atoms with Crippen molar-refractivity contribution in [3.05, 3.63) is 30.3 Å². The predicted octanol–water partition coefficient (Wildman–Crippen LogP) is 1.15. The Bertz CT molecular complexity index is 549. The van der Waals surface area contributed by atoms with Crippen LogP contribution >= 0.6 is 0 Å². The molecule has 0 saturated heterocycles. The zero-order valence-electron chi connectivity index (χ0n) is 10.6. The quantitative estimate of drug-likeness (QED) is 0.867. The van der Waals surface area contributed by atoms with Crippen molar-refractivity contribution in [3.8, 4) is 0 Å². The number of nitrogens with one attached hydrogen (secondary N) is 1. The highest BCUT2D eigenvalue weighted by atomic mass is 32.2. The molecule has 0 spiro atoms. The van der Waals surface area contributed by atoms with Gasteiger partial charge in [-0.05, 0) is 25.0 Å². The first-order chi connectivity index (χ1) is 8.91. The summed E-state index contributed by atoms with van der Waals surface area (Å²) in [5.74, 6) is -0.534. The van der Waals surface area contributed by atoms with Crippen LogP contribution in [-0.2, 0) is 14.8 Å². The smallest absolute Gasteiger partial charge is 0.264 e. The molecule has 1 saturated carbocycles. The highest BCUT2D eigenvalue weighted by molar-refractivity contribution is 7.90. The molecule has 2 rings (SSSR count). The zero-order valence-corrected chi connectivity index (χ0v) is 11.4. The van der Waals surface area contributed by atoms with E-state index in [0.29, 0.717) is 0 Å². The Balaban J connectivity index is 2.03. The molecule has 0 aliphatic heterocycles. The Hall–Kier alpha value is -1.40. The lowest BCUT2D eigenvalue weighted by Gasteiger charge is -2.22. The van der Waals surface area contributed by atoms with Gasteiger partial charge in [-0.3, -0.25) is 4.79 Å². The third-order valence-corrected chi connectivity index (χ3v) is 4.80. The van der Waals surface area contributed by atoms with Crippen LogP contribution in [0, 0.1) is 0 Å². The van der Waals surface area contributed by atoms with Gasteiger partial charge in [-0.25, -0.2) is 13.1 Å². The van der Waals surface area contributed by atoms with Crippen molar-refractivity contribution in [2.24, 2.45) is 5.73 Å². The van der Waals surface area contributed by atoms with Crippen molar-refractivity contribution in [2.75, 3.05) is 0 Å². The molecule has 1 amide bonds. The Labute approximate surface area is 113 Å². The van der Waals surface area contributed by atoms with Crippen molar-refractivity contribution in [1.82, 2.24) is 4.72 Å². The fraction of sp³-hybridized carbons (Fsp3) is 0.462. The molecular formula is C13H18N2O3S. The molecule has 0 heterocycles. The molecule has 0 bridgehead atoms. The molecule has 1 aromatic carbocycles. The van der Waals surface area contributed by atoms with Gasteiger partial charge in [0.25, 0.3) is 10.0 Å². The summed E-state index contributed by atoms with van der Waals surface area (Å²) in [4.78, 5) is 11.9. The molecule has 0 aromatic heterocycles. The van der Waals surface area contributed by atoms with Gasteiger partial charge in [0.05, 0.1) is 4.90 Å². The number of rotatable bonds is 4. The summed E-state index contributed by atoms with van der Waals surface area (Å²) in [7, 11) is -3.78. The largest absolute Gasteiger partial charge is 0.325 e. The first-order valence-electron chi connectivity index (χ1n) is 6.31. The number of carbonyl (C=O) groups excluding carboxylic acids is 1. The van der Waals surface area contributed by atoms with E-state index in [9.17, 15) is 13.2 Å². The minimum atomic E-state index is -3.78. The van der Waals surface area contributed by atoms with Crippen LogP contribution in [-0.4, -0.2) is 19.9 Å². The molecule has 3 N–H and O–H groups in total. The number of carbonyl (C=O) groups is 1. The molecule has 19 heavy (non-hydrogen) atoms. The highest BCUT2D eigenvalue weighted by Crippen LogP contribution is 2.30. The van der Waals surface area contributed by atoms with E-state index in [1.165, 1.54) is 12.1 Å². The number of benzene rings is 1. The van der Waals surface area contributed by atoms with Crippen LogP contribution in [0.15, 0.2) is 35.2 Å². The van der Waals surface area contributed by atoms with Gasteiger partial charge in [0, 0.05) is 12.0 Å². The van der Waals surface area contributed by atoms with Gasteiger partial charge in [0.15, 0.2) is 0 Å². The molecule has 0 atom stereocenters. The van der Waals surface area contributed by atoms with Crippen LogP contribution in [0.1, 0.15) is 32.1 Å². The minimum Gasteiger partial charge on any atom is -0.325 e. The lowest BCUT2D eigenvalue weighted by atomic mass is 9.95. The summed E-state index contributed by atoms with van der Waals surface area (Å²) in [5.41, 5.74) is 5.52. The third-order valence-electron chi connectivity index (χ3n) is 3.41. The molecule has 6 heteroatoms. The van der Waals surface area contributed by atoms with Gasteiger partial charge in [-0.15, -0.1) is 0 Å². The van der Waals surface area contributed by atoms with Crippen molar-refractivity contribution in [1.29, 1.82) is 0 Å². The van der Waals surface area contributed by atoms with E-state index >= 15 is 0 Å². The standard InChI is InChI=1S/C13H18N2O3S/c14-13(8-4-5-9-13)10-12(16)15-19(17,18)11-6-2-1-3-7-11/h1-3,6-7H,4-5,8-10,14H2,(H,15,16). The predicted molar refractivity (Wildman–Crippen MR) is 71.8 cm³/mol. The van der Waals surface area contributed by atoms with Gasteiger partial charge >= 0.3 is 0 Å². The van der Waals surface area contributed by atoms with Crippen LogP contribution < -0.4 is 10.5 Å². The third kappa shape index (κ3) is 3.54. The number of nitrogens with two attached hydrogens (primary N) is 1. The van der Waals surface area contributed by atoms with E-state index < -0.39 is 21.5 Å². The molecule has 1 aromatic rings. The summed E-state index contributed by atoms with van der Waals surface area (Å²) in [6, 6.07) is 7.84. The van der Waals surface area contributed by atoms with E-state index in [4.69, 9.17) is 5.73 Å². The fourth-order valence-corrected chi connectivity index (χ4v) is 3.43. The van der Waals surface area contributed by atoms with E-state index in [1.807, 2.05) is 0 Å². The second kappa shape index (κ2) is 5.30. The molecule has 0 unspecified atom stereocenters. The molecule has 5 nitrogen and oxygen atoms in total. The topological polar surface area (TPSA) is 89.3 Å². The van der Waals surface area contributed by atoms with Crippen LogP contribution in [0.4, 0.5) is 0 Å². The Morgan fingerprint density at radius 1 is 1.21 bits per heavy atom. The Morgan fingerprint density at radius 2 is 1.79 bits per heavy atom. The molecule has 1 aliphatic rings. The summed E-state index contributed by atoms with van der Waals surface area (Å²) in [5, 5.41) is 0. The normalized spacial score (nSPS) is 18.2. The second-order valence-corrected chi connectivity index (χ2v) is 6.77. The number of hydrogen-bond donors (Lipinski definition) is 2. The maximum absolute atomic E-state index is 11.9. The minimum absolute atomic E-state index is 0.0546. The van der Waals surface area contributed by atoms with Crippen molar-refractivity contribution < 1.29 is 13.2 Å². The van der Waals surface area contributed by atoms with Crippen molar-refractivity contribution in [3.63, 3.8) is 0 Å². The SMILES string of the molecule is NC1(CC(=O)NS(=O)(=O)c2ccccc2)CCCC1. The highest BCUT2D eigenvalue weighted by Gasteiger charge is 2.32. The van der Waals surface area contributed by atoms with Gasteiger partial charge in [-0.2, -0.15) is 0 Å². The van der Waals surface area contributed by atoms with Crippen LogP contribution in [0.2, 0.25) is 0 Å². The van der Waals surface area contributed by atoms with Crippen LogP contribution in [0.5, 0.6) is 0 Å². The molecule has 104 valence electrons. The molecular weight excluding hydrogens is 264 g/mol. The summed E-state index contributed by atoms with van der Waals surface area (Å²) in [6.07, 6.45) is 3.58. The maximum atomic E-state index is 11.9. The Kier molecular flexibility index (Phi) is 3.91. The zero-order chi connectivity index (χ0) is 13.9. The first-order valence-corrected chi connectivity index (χ1v) is 7.79. The van der Waals surface area contributed by atoms with E-state index in [0.717, 1.165) is 25.7 Å². The Morgan fingerprint density at radius 3 is 2.37 bits per heavy atom. The number of hydrogen-bond acceptors (Lipinski definition) is 4. The lowest BCUT2D eigenvalue weighted by Crippen LogP contribution is -2.43. The monoisotopic (exact) mass is 282 g/mol. The van der Waals surface area contributed by atoms with E-state index in [-0.39, 0.29) is 11.3 Å². The summed E-state index contributed by atoms with van der Waals surface area (Å²) >= 11 is 0. The molecule has 1 aliphatic carbocycles. The average molecular weight is 282 g/mol. The lowest BCUT2D eigenvalue weighted by molar-refractivity contribution is -0.120. The number of amides is 1. The summed E-state index contributed by atoms with van der Waals surface area (Å²) in [6.45, 7) is 0. The van der Waals surface area contributed by atoms with E-state index in [1.54, 1.807) is 18.2 Å². The average Bonchev–Trinajstić information content (AvgIpc) is 2.76. The first kappa shape index (κ1) is 14.0. The van der Waals surface area contributed by atoms with Crippen molar-refractivity contribution in [2.45, 2.75) is 42.5 Å². The van der Waals surface area contributed by atoms with Gasteiger partial charge < -0.3 is 5.73 Å². The summed E-state index contributed by atoms with van der Waals surface area (Å²) < 4.78 is 26.0. The van der Waals surface area contributed by atoms with Gasteiger partial charge in [-0.1, -0.05) is 31.0 Å². The maximum Gasteiger partial charge on any atom is 0.264 e. The molecule has 0 radical (unpaired) electrons. The number of sulfonamides is 1.